The van der Waals surface area contributed by atoms with E-state index in [-0.39, 0.29) is 34.1 Å². The first kappa shape index (κ1) is 24.6. The molecule has 0 atom stereocenters. The molecule has 2 aromatic carbocycles. The maximum absolute atomic E-state index is 13.4. The maximum atomic E-state index is 13.4. The lowest BCUT2D eigenvalue weighted by molar-refractivity contribution is -0.869. The first-order chi connectivity index (χ1) is 16.2. The Hall–Kier alpha value is -2.53. The van der Waals surface area contributed by atoms with Crippen molar-refractivity contribution in [3.8, 4) is 0 Å². The van der Waals surface area contributed by atoms with Crippen molar-refractivity contribution in [2.45, 2.75) is 37.1 Å². The van der Waals surface area contributed by atoms with Gasteiger partial charge in [-0.3, -0.25) is 4.79 Å². The lowest BCUT2D eigenvalue weighted by atomic mass is 10.1. The van der Waals surface area contributed by atoms with Crippen molar-refractivity contribution in [2.75, 3.05) is 18.8 Å². The van der Waals surface area contributed by atoms with Gasteiger partial charge in [-0.1, -0.05) is 23.7 Å². The fourth-order valence-electron chi connectivity index (χ4n) is 4.21. The number of piperidine rings is 1. The van der Waals surface area contributed by atoms with E-state index in [1.54, 1.807) is 52.5 Å². The molecule has 0 saturated carbocycles. The fourth-order valence-corrected chi connectivity index (χ4v) is 6.44. The van der Waals surface area contributed by atoms with E-state index in [1.165, 1.54) is 11.3 Å². The number of fused-ring (bicyclic) bond motifs is 1. The van der Waals surface area contributed by atoms with Gasteiger partial charge in [-0.2, -0.15) is 0 Å². The van der Waals surface area contributed by atoms with Crippen LogP contribution < -0.4 is 10.5 Å². The van der Waals surface area contributed by atoms with Crippen LogP contribution in [0.5, 0.6) is 0 Å². The van der Waals surface area contributed by atoms with Crippen molar-refractivity contribution in [2.24, 2.45) is 10.8 Å². The monoisotopic (exact) mass is 521 g/mol. The van der Waals surface area contributed by atoms with Gasteiger partial charge in [0.25, 0.3) is 0 Å². The predicted molar refractivity (Wildman–Crippen MR) is 132 cm³/mol. The van der Waals surface area contributed by atoms with Gasteiger partial charge in [0, 0.05) is 16.6 Å². The summed E-state index contributed by atoms with van der Waals surface area (Å²) in [7, 11) is -3.68. The van der Waals surface area contributed by atoms with E-state index >= 15 is 0 Å². The molecule has 4 rings (SSSR count). The summed E-state index contributed by atoms with van der Waals surface area (Å²) in [5.74, 6) is -1.04. The number of likely N-dealkylation sites (tertiary alicyclic amines) is 1. The highest BCUT2D eigenvalue weighted by atomic mass is 35.5. The van der Waals surface area contributed by atoms with Gasteiger partial charge in [-0.15, -0.1) is 15.9 Å². The Kier molecular flexibility index (Phi) is 7.22. The molecule has 8 nitrogen and oxygen atoms in total. The van der Waals surface area contributed by atoms with Crippen molar-refractivity contribution < 1.29 is 22.6 Å². The molecule has 0 unspecified atom stereocenters. The average molecular weight is 522 g/mol. The first-order valence-electron chi connectivity index (χ1n) is 11.0. The highest BCUT2D eigenvalue weighted by molar-refractivity contribution is 7.91. The van der Waals surface area contributed by atoms with E-state index < -0.39 is 15.7 Å². The Bertz CT molecular complexity index is 1410. The molecule has 2 amide bonds. The van der Waals surface area contributed by atoms with Crippen LogP contribution >= 0.6 is 22.9 Å². The minimum absolute atomic E-state index is 0.0297. The zero-order valence-corrected chi connectivity index (χ0v) is 20.9. The summed E-state index contributed by atoms with van der Waals surface area (Å²) in [6, 6.07) is 10.1. The van der Waals surface area contributed by atoms with Gasteiger partial charge in [-0.05, 0) is 59.4 Å². The number of primary amides is 1. The number of thiazole rings is 1. The molecule has 1 fully saturated rings. The molecular formula is C23H26ClN4O4S2+. The van der Waals surface area contributed by atoms with E-state index in [0.717, 1.165) is 30.0 Å². The number of carbonyl (C=O) groups excluding carboxylic acids is 2. The molecule has 0 aliphatic carbocycles. The Morgan fingerprint density at radius 1 is 1.09 bits per heavy atom. The van der Waals surface area contributed by atoms with Crippen LogP contribution in [0.25, 0.3) is 10.8 Å². The number of sulfone groups is 1. The third-order valence-electron chi connectivity index (χ3n) is 6.00. The van der Waals surface area contributed by atoms with Gasteiger partial charge in [-0.25, -0.2) is 13.2 Å². The van der Waals surface area contributed by atoms with Crippen LogP contribution in [0.4, 0.5) is 0 Å². The number of halogens is 1. The zero-order valence-electron chi connectivity index (χ0n) is 18.5. The number of nitrogens with zero attached hydrogens (tertiary/aromatic N) is 3. The fraction of sp³-hybridized carbons (Fsp3) is 0.348. The first-order valence-corrected chi connectivity index (χ1v) is 13.9. The smallest absolute Gasteiger partial charge is 0.340 e. The maximum Gasteiger partial charge on any atom is 0.340 e. The van der Waals surface area contributed by atoms with E-state index in [2.05, 4.69) is 0 Å². The molecule has 1 saturated heterocycles. The number of benzene rings is 2. The predicted octanol–water partition coefficient (Wildman–Crippen LogP) is 3.05. The molecular weight excluding hydrogens is 496 g/mol. The van der Waals surface area contributed by atoms with E-state index in [0.29, 0.717) is 22.9 Å². The number of rotatable bonds is 7. The standard InChI is InChI=1S/C23H25ClN4O4S2/c24-19-6-4-18-15-20(7-5-17(18)14-19)34(31,32)13-8-22(30)28(10-2-1-3-11-28)26-23-27(9-12-33-23)16-21(25)29/h4-7,9,12,14-15H,1-3,8,10-11,13,16H2,(H-,25,29)/p+1/b26-23-. The second kappa shape index (κ2) is 9.99. The second-order valence-electron chi connectivity index (χ2n) is 8.43. The average Bonchev–Trinajstić information content (AvgIpc) is 3.23. The molecule has 0 spiro atoms. The molecule has 1 aliphatic rings. The number of carbonyl (C=O) groups is 2. The summed E-state index contributed by atoms with van der Waals surface area (Å²) < 4.78 is 27.6. The van der Waals surface area contributed by atoms with Crippen molar-refractivity contribution in [1.82, 2.24) is 4.57 Å². The zero-order chi connectivity index (χ0) is 24.3. The summed E-state index contributed by atoms with van der Waals surface area (Å²) in [6.45, 7) is 0.978. The largest absolute Gasteiger partial charge is 0.368 e. The number of nitrogens with two attached hydrogens (primary N) is 1. The van der Waals surface area contributed by atoms with Gasteiger partial charge in [0.1, 0.15) is 19.6 Å². The summed E-state index contributed by atoms with van der Waals surface area (Å²) in [4.78, 5) is 25.5. The van der Waals surface area contributed by atoms with Crippen LogP contribution in [-0.2, 0) is 26.0 Å². The number of hydrogen-bond donors (Lipinski definition) is 1. The van der Waals surface area contributed by atoms with E-state index in [1.807, 2.05) is 0 Å². The summed E-state index contributed by atoms with van der Waals surface area (Å²) in [6.07, 6.45) is 4.18. The van der Waals surface area contributed by atoms with Crippen LogP contribution in [0.15, 0.2) is 58.0 Å². The Labute approximate surface area is 206 Å². The molecule has 2 N–H and O–H groups in total. The van der Waals surface area contributed by atoms with Gasteiger partial charge >= 0.3 is 5.91 Å². The lowest BCUT2D eigenvalue weighted by Crippen LogP contribution is -2.53. The minimum Gasteiger partial charge on any atom is -0.368 e. The number of hydrogen-bond acceptors (Lipinski definition) is 6. The third kappa shape index (κ3) is 5.41. The van der Waals surface area contributed by atoms with Crippen molar-refractivity contribution in [3.63, 3.8) is 0 Å². The molecule has 1 aromatic heterocycles. The molecule has 34 heavy (non-hydrogen) atoms. The number of aromatic nitrogens is 1. The highest BCUT2D eigenvalue weighted by Crippen LogP contribution is 2.25. The van der Waals surface area contributed by atoms with Crippen molar-refractivity contribution >= 4 is 55.4 Å². The van der Waals surface area contributed by atoms with Crippen molar-refractivity contribution in [3.05, 3.63) is 57.8 Å². The van der Waals surface area contributed by atoms with Crippen LogP contribution in [0, 0.1) is 0 Å². The van der Waals surface area contributed by atoms with Crippen LogP contribution in [0.2, 0.25) is 5.02 Å². The lowest BCUT2D eigenvalue weighted by Gasteiger charge is -2.32. The van der Waals surface area contributed by atoms with Gasteiger partial charge < -0.3 is 10.3 Å². The SMILES string of the molecule is NC(=O)Cn1ccs/c1=N\[N+]1(C(=O)CCS(=O)(=O)c2ccc3cc(Cl)ccc3c2)CCCCC1. The summed E-state index contributed by atoms with van der Waals surface area (Å²) >= 11 is 7.33. The molecule has 0 bridgehead atoms. The molecule has 3 aromatic rings. The highest BCUT2D eigenvalue weighted by Gasteiger charge is 2.39. The van der Waals surface area contributed by atoms with Gasteiger partial charge in [0.05, 0.1) is 17.1 Å². The van der Waals surface area contributed by atoms with E-state index in [9.17, 15) is 18.0 Å². The Morgan fingerprint density at radius 3 is 2.53 bits per heavy atom. The Morgan fingerprint density at radius 2 is 1.79 bits per heavy atom. The minimum atomic E-state index is -3.68. The molecule has 180 valence electrons. The second-order valence-corrected chi connectivity index (χ2v) is 11.8. The van der Waals surface area contributed by atoms with Crippen molar-refractivity contribution in [1.29, 1.82) is 0 Å². The third-order valence-corrected chi connectivity index (χ3v) is 8.73. The number of amides is 2. The topological polar surface area (TPSA) is 112 Å². The molecule has 1 aliphatic heterocycles. The summed E-state index contributed by atoms with van der Waals surface area (Å²) in [5, 5.41) is 8.71. The normalized spacial score (nSPS) is 16.6. The molecule has 0 radical (unpaired) electrons. The van der Waals surface area contributed by atoms with Crippen LogP contribution in [-0.4, -0.2) is 48.2 Å². The summed E-state index contributed by atoms with van der Waals surface area (Å²) in [5.41, 5.74) is 5.33. The number of quaternary nitrogens is 1. The van der Waals surface area contributed by atoms with Crippen LogP contribution in [0.1, 0.15) is 25.7 Å². The Balaban J connectivity index is 1.58. The van der Waals surface area contributed by atoms with Crippen LogP contribution in [0.3, 0.4) is 0 Å². The quantitative estimate of drug-likeness (QED) is 0.481. The van der Waals surface area contributed by atoms with Gasteiger partial charge in [0.2, 0.25) is 10.7 Å². The van der Waals surface area contributed by atoms with Gasteiger partial charge in [0.15, 0.2) is 9.84 Å². The van der Waals surface area contributed by atoms with E-state index in [4.69, 9.17) is 22.4 Å². The molecule has 2 heterocycles. The molecule has 11 heteroatoms.